The van der Waals surface area contributed by atoms with Crippen molar-refractivity contribution in [2.45, 2.75) is 13.0 Å². The second-order valence-corrected chi connectivity index (χ2v) is 3.21. The number of nitrogens with two attached hydrogens (primary N) is 1. The number of fused-ring (bicyclic) bond motifs is 1. The molecule has 0 spiro atoms. The molecule has 0 saturated carbocycles. The second-order valence-electron chi connectivity index (χ2n) is 3.21. The van der Waals surface area contributed by atoms with Crippen molar-refractivity contribution in [2.24, 2.45) is 5.73 Å². The van der Waals surface area contributed by atoms with E-state index >= 15 is 0 Å². The minimum absolute atomic E-state index is 0.0728. The molecule has 1 aliphatic heterocycles. The molecule has 2 N–H and O–H groups in total. The van der Waals surface area contributed by atoms with Gasteiger partial charge in [0.15, 0.2) is 11.5 Å². The topological polar surface area (TPSA) is 53.7 Å². The number of hydrogen-bond acceptors (Lipinski definition) is 4. The zero-order valence-electron chi connectivity index (χ0n) is 8.24. The van der Waals surface area contributed by atoms with Gasteiger partial charge < -0.3 is 19.9 Å². The fourth-order valence-corrected chi connectivity index (χ4v) is 1.51. The Morgan fingerprint density at radius 1 is 1.36 bits per heavy atom. The van der Waals surface area contributed by atoms with E-state index in [0.717, 1.165) is 5.56 Å². The molecule has 76 valence electrons. The van der Waals surface area contributed by atoms with Crippen LogP contribution in [-0.4, -0.2) is 13.9 Å². The first kappa shape index (κ1) is 9.15. The molecule has 1 heterocycles. The van der Waals surface area contributed by atoms with Crippen molar-refractivity contribution in [1.29, 1.82) is 0 Å². The van der Waals surface area contributed by atoms with E-state index in [9.17, 15) is 0 Å². The van der Waals surface area contributed by atoms with Gasteiger partial charge in [-0.15, -0.1) is 0 Å². The summed E-state index contributed by atoms with van der Waals surface area (Å²) in [6.45, 7) is 2.14. The Bertz CT molecular complexity index is 349. The van der Waals surface area contributed by atoms with E-state index in [1.165, 1.54) is 0 Å². The van der Waals surface area contributed by atoms with E-state index < -0.39 is 0 Å². The lowest BCUT2D eigenvalue weighted by Crippen LogP contribution is -2.06. The predicted molar refractivity (Wildman–Crippen MR) is 51.7 cm³/mol. The van der Waals surface area contributed by atoms with Crippen LogP contribution in [0.2, 0.25) is 0 Å². The van der Waals surface area contributed by atoms with Crippen molar-refractivity contribution in [3.8, 4) is 17.2 Å². The normalized spacial score (nSPS) is 15.4. The molecule has 1 aliphatic rings. The van der Waals surface area contributed by atoms with Crippen LogP contribution in [0.3, 0.4) is 0 Å². The zero-order chi connectivity index (χ0) is 10.1. The van der Waals surface area contributed by atoms with Crippen molar-refractivity contribution >= 4 is 0 Å². The van der Waals surface area contributed by atoms with Gasteiger partial charge in [-0.05, 0) is 19.1 Å². The minimum Gasteiger partial charge on any atom is -0.493 e. The molecular formula is C10H13NO3. The van der Waals surface area contributed by atoms with E-state index in [2.05, 4.69) is 0 Å². The summed E-state index contributed by atoms with van der Waals surface area (Å²) in [5.41, 5.74) is 6.74. The molecule has 1 unspecified atom stereocenters. The van der Waals surface area contributed by atoms with Crippen LogP contribution >= 0.6 is 0 Å². The van der Waals surface area contributed by atoms with Gasteiger partial charge in [0.25, 0.3) is 0 Å². The summed E-state index contributed by atoms with van der Waals surface area (Å²) in [7, 11) is 1.60. The van der Waals surface area contributed by atoms with Crippen LogP contribution in [0.25, 0.3) is 0 Å². The van der Waals surface area contributed by atoms with Gasteiger partial charge in [-0.1, -0.05) is 0 Å². The maximum absolute atomic E-state index is 5.80. The predicted octanol–water partition coefficient (Wildman–Crippen LogP) is 1.44. The monoisotopic (exact) mass is 195 g/mol. The largest absolute Gasteiger partial charge is 0.493 e. The quantitative estimate of drug-likeness (QED) is 0.775. The van der Waals surface area contributed by atoms with Crippen LogP contribution < -0.4 is 19.9 Å². The average molecular weight is 195 g/mol. The molecule has 0 amide bonds. The summed E-state index contributed by atoms with van der Waals surface area (Å²) < 4.78 is 15.8. The highest BCUT2D eigenvalue weighted by Crippen LogP contribution is 2.44. The third kappa shape index (κ3) is 1.28. The molecule has 0 bridgehead atoms. The summed E-state index contributed by atoms with van der Waals surface area (Å²) in [6.07, 6.45) is 0. The van der Waals surface area contributed by atoms with Gasteiger partial charge in [0, 0.05) is 11.6 Å². The Labute approximate surface area is 82.6 Å². The Morgan fingerprint density at radius 2 is 2.07 bits per heavy atom. The first-order valence-electron chi connectivity index (χ1n) is 4.46. The lowest BCUT2D eigenvalue weighted by molar-refractivity contribution is 0.170. The molecule has 1 atom stereocenters. The number of methoxy groups -OCH3 is 1. The highest BCUT2D eigenvalue weighted by molar-refractivity contribution is 5.57. The van der Waals surface area contributed by atoms with Crippen molar-refractivity contribution in [2.75, 3.05) is 13.9 Å². The van der Waals surface area contributed by atoms with Crippen LogP contribution in [0.1, 0.15) is 18.5 Å². The fraction of sp³-hybridized carbons (Fsp3) is 0.400. The molecule has 0 aliphatic carbocycles. The number of ether oxygens (including phenoxy) is 3. The summed E-state index contributed by atoms with van der Waals surface area (Å²) in [5.74, 6) is 2.04. The van der Waals surface area contributed by atoms with Crippen LogP contribution in [0.5, 0.6) is 17.2 Å². The SMILES string of the molecule is COc1ccc(C(C)N)c2c1OCO2. The van der Waals surface area contributed by atoms with Crippen molar-refractivity contribution in [1.82, 2.24) is 0 Å². The average Bonchev–Trinajstić information content (AvgIpc) is 2.64. The molecule has 0 fully saturated rings. The number of hydrogen-bond donors (Lipinski definition) is 1. The maximum atomic E-state index is 5.80. The summed E-state index contributed by atoms with van der Waals surface area (Å²) in [5, 5.41) is 0. The lowest BCUT2D eigenvalue weighted by atomic mass is 10.1. The van der Waals surface area contributed by atoms with Gasteiger partial charge in [-0.2, -0.15) is 0 Å². The molecular weight excluding hydrogens is 182 g/mol. The van der Waals surface area contributed by atoms with E-state index in [4.69, 9.17) is 19.9 Å². The van der Waals surface area contributed by atoms with Gasteiger partial charge in [-0.25, -0.2) is 0 Å². The van der Waals surface area contributed by atoms with Crippen molar-refractivity contribution < 1.29 is 14.2 Å². The minimum atomic E-state index is -0.0728. The Kier molecular flexibility index (Phi) is 2.21. The van der Waals surface area contributed by atoms with Gasteiger partial charge >= 0.3 is 0 Å². The second kappa shape index (κ2) is 3.38. The molecule has 2 rings (SSSR count). The molecule has 14 heavy (non-hydrogen) atoms. The summed E-state index contributed by atoms with van der Waals surface area (Å²) in [6, 6.07) is 3.67. The van der Waals surface area contributed by atoms with E-state index in [0.29, 0.717) is 17.2 Å². The van der Waals surface area contributed by atoms with Crippen molar-refractivity contribution in [3.63, 3.8) is 0 Å². The van der Waals surface area contributed by atoms with E-state index in [1.54, 1.807) is 7.11 Å². The first-order valence-corrected chi connectivity index (χ1v) is 4.46. The third-order valence-electron chi connectivity index (χ3n) is 2.22. The van der Waals surface area contributed by atoms with Gasteiger partial charge in [0.1, 0.15) is 0 Å². The van der Waals surface area contributed by atoms with Crippen LogP contribution in [0.4, 0.5) is 0 Å². The molecule has 4 nitrogen and oxygen atoms in total. The smallest absolute Gasteiger partial charge is 0.231 e. The number of rotatable bonds is 2. The summed E-state index contributed by atoms with van der Waals surface area (Å²) >= 11 is 0. The Hall–Kier alpha value is -1.42. The Morgan fingerprint density at radius 3 is 2.71 bits per heavy atom. The van der Waals surface area contributed by atoms with Crippen LogP contribution in [-0.2, 0) is 0 Å². The maximum Gasteiger partial charge on any atom is 0.231 e. The van der Waals surface area contributed by atoms with Gasteiger partial charge in [-0.3, -0.25) is 0 Å². The highest BCUT2D eigenvalue weighted by atomic mass is 16.7. The number of benzene rings is 1. The Balaban J connectivity index is 2.53. The summed E-state index contributed by atoms with van der Waals surface area (Å²) in [4.78, 5) is 0. The first-order chi connectivity index (χ1) is 6.74. The van der Waals surface area contributed by atoms with Crippen LogP contribution in [0, 0.1) is 0 Å². The molecule has 1 aromatic carbocycles. The highest BCUT2D eigenvalue weighted by Gasteiger charge is 2.23. The third-order valence-corrected chi connectivity index (χ3v) is 2.22. The fourth-order valence-electron chi connectivity index (χ4n) is 1.51. The van der Waals surface area contributed by atoms with E-state index in [-0.39, 0.29) is 12.8 Å². The lowest BCUT2D eigenvalue weighted by Gasteiger charge is -2.11. The van der Waals surface area contributed by atoms with E-state index in [1.807, 2.05) is 19.1 Å². The zero-order valence-corrected chi connectivity index (χ0v) is 8.24. The molecule has 0 radical (unpaired) electrons. The molecule has 4 heteroatoms. The van der Waals surface area contributed by atoms with Crippen molar-refractivity contribution in [3.05, 3.63) is 17.7 Å². The molecule has 0 saturated heterocycles. The van der Waals surface area contributed by atoms with Gasteiger partial charge in [0.05, 0.1) is 7.11 Å². The van der Waals surface area contributed by atoms with Gasteiger partial charge in [0.2, 0.25) is 12.5 Å². The van der Waals surface area contributed by atoms with Crippen LogP contribution in [0.15, 0.2) is 12.1 Å². The molecule has 1 aromatic rings. The molecule has 0 aromatic heterocycles. The standard InChI is InChI=1S/C10H13NO3/c1-6(11)7-3-4-8(12-2)10-9(7)13-5-14-10/h3-4,6H,5,11H2,1-2H3.